The highest BCUT2D eigenvalue weighted by Gasteiger charge is 2.03. The molecule has 0 saturated carbocycles. The van der Waals surface area contributed by atoms with Crippen molar-refractivity contribution in [3.8, 4) is 0 Å². The van der Waals surface area contributed by atoms with E-state index in [0.717, 1.165) is 13.1 Å². The first kappa shape index (κ1) is 16.9. The molecule has 114 valence electrons. The minimum absolute atomic E-state index is 0.983. The number of hydrogen-bond donors (Lipinski definition) is 2. The molecule has 0 unspecified atom stereocenters. The van der Waals surface area contributed by atoms with E-state index in [9.17, 15) is 0 Å². The molecule has 0 atom stereocenters. The van der Waals surface area contributed by atoms with E-state index in [0.29, 0.717) is 0 Å². The summed E-state index contributed by atoms with van der Waals surface area (Å²) in [6.45, 7) is 8.55. The van der Waals surface area contributed by atoms with Gasteiger partial charge in [-0.05, 0) is 50.5 Å². The molecule has 0 aliphatic heterocycles. The fourth-order valence-electron chi connectivity index (χ4n) is 2.57. The topological polar surface area (TPSA) is 24.1 Å². The van der Waals surface area contributed by atoms with E-state index >= 15 is 0 Å². The van der Waals surface area contributed by atoms with E-state index in [-0.39, 0.29) is 0 Å². The number of benzene rings is 1. The van der Waals surface area contributed by atoms with Crippen LogP contribution in [0.15, 0.2) is 18.2 Å². The van der Waals surface area contributed by atoms with Crippen LogP contribution in [0.5, 0.6) is 0 Å². The van der Waals surface area contributed by atoms with Crippen molar-refractivity contribution in [2.45, 2.75) is 65.7 Å². The zero-order valence-electron chi connectivity index (χ0n) is 13.6. The Balaban J connectivity index is 2.49. The van der Waals surface area contributed by atoms with Gasteiger partial charge in [0.15, 0.2) is 0 Å². The van der Waals surface area contributed by atoms with Crippen LogP contribution in [0.2, 0.25) is 0 Å². The predicted octanol–water partition coefficient (Wildman–Crippen LogP) is 5.45. The Morgan fingerprint density at radius 1 is 0.800 bits per heavy atom. The molecule has 2 N–H and O–H groups in total. The number of anilines is 2. The molecule has 2 nitrogen and oxygen atoms in total. The van der Waals surface area contributed by atoms with Crippen molar-refractivity contribution in [2.75, 3.05) is 23.7 Å². The molecule has 0 aliphatic rings. The van der Waals surface area contributed by atoms with E-state index in [1.54, 1.807) is 0 Å². The van der Waals surface area contributed by atoms with E-state index in [4.69, 9.17) is 0 Å². The predicted molar refractivity (Wildman–Crippen MR) is 91.8 cm³/mol. The van der Waals surface area contributed by atoms with Gasteiger partial charge >= 0.3 is 0 Å². The van der Waals surface area contributed by atoms with Crippen molar-refractivity contribution in [2.24, 2.45) is 0 Å². The second kappa shape index (κ2) is 10.6. The van der Waals surface area contributed by atoms with Crippen LogP contribution in [-0.2, 0) is 6.42 Å². The first-order valence-corrected chi connectivity index (χ1v) is 8.42. The normalized spacial score (nSPS) is 10.6. The highest BCUT2D eigenvalue weighted by atomic mass is 14.9. The Kier molecular flexibility index (Phi) is 8.93. The number of nitrogens with one attached hydrogen (secondary N) is 2. The number of unbranched alkanes of at least 4 members (excludes halogenated alkanes) is 5. The van der Waals surface area contributed by atoms with Gasteiger partial charge in [0, 0.05) is 24.5 Å². The van der Waals surface area contributed by atoms with Gasteiger partial charge < -0.3 is 10.6 Å². The Morgan fingerprint density at radius 3 is 2.20 bits per heavy atom. The quantitative estimate of drug-likeness (QED) is 0.525. The highest BCUT2D eigenvalue weighted by Crippen LogP contribution is 2.23. The summed E-state index contributed by atoms with van der Waals surface area (Å²) in [4.78, 5) is 0. The molecule has 0 bridgehead atoms. The summed E-state index contributed by atoms with van der Waals surface area (Å²) in [6.07, 6.45) is 9.35. The second-order valence-electron chi connectivity index (χ2n) is 5.45. The molecule has 2 heteroatoms. The van der Waals surface area contributed by atoms with Crippen LogP contribution in [-0.4, -0.2) is 13.1 Å². The van der Waals surface area contributed by atoms with Crippen molar-refractivity contribution >= 4 is 11.4 Å². The van der Waals surface area contributed by atoms with Gasteiger partial charge in [-0.3, -0.25) is 0 Å². The smallest absolute Gasteiger partial charge is 0.0374 e. The van der Waals surface area contributed by atoms with Gasteiger partial charge in [-0.25, -0.2) is 0 Å². The molecular weight excluding hydrogens is 244 g/mol. The Hall–Kier alpha value is -1.18. The number of hydrogen-bond acceptors (Lipinski definition) is 2. The standard InChI is InChI=1S/C18H32N2/c1-4-7-8-9-10-11-12-16-15-17(19-5-2)13-14-18(16)20-6-3/h13-15,19-20H,4-12H2,1-3H3. The van der Waals surface area contributed by atoms with Gasteiger partial charge in [-0.2, -0.15) is 0 Å². The molecule has 0 amide bonds. The molecule has 20 heavy (non-hydrogen) atoms. The summed E-state index contributed by atoms with van der Waals surface area (Å²) in [5.74, 6) is 0. The maximum absolute atomic E-state index is 3.48. The lowest BCUT2D eigenvalue weighted by Gasteiger charge is -2.13. The van der Waals surface area contributed by atoms with Crippen LogP contribution in [0, 0.1) is 0 Å². The summed E-state index contributed by atoms with van der Waals surface area (Å²) in [7, 11) is 0. The fraction of sp³-hybridized carbons (Fsp3) is 0.667. The average Bonchev–Trinajstić information content (AvgIpc) is 2.45. The molecule has 1 aromatic rings. The van der Waals surface area contributed by atoms with E-state index in [2.05, 4.69) is 49.6 Å². The molecule has 0 spiro atoms. The van der Waals surface area contributed by atoms with Gasteiger partial charge in [-0.15, -0.1) is 0 Å². The van der Waals surface area contributed by atoms with E-state index < -0.39 is 0 Å². The van der Waals surface area contributed by atoms with Crippen LogP contribution < -0.4 is 10.6 Å². The van der Waals surface area contributed by atoms with Gasteiger partial charge in [0.1, 0.15) is 0 Å². The second-order valence-corrected chi connectivity index (χ2v) is 5.45. The Bertz CT molecular complexity index is 360. The summed E-state index contributed by atoms with van der Waals surface area (Å²) >= 11 is 0. The molecule has 0 heterocycles. The van der Waals surface area contributed by atoms with Gasteiger partial charge in [-0.1, -0.05) is 39.0 Å². The zero-order valence-corrected chi connectivity index (χ0v) is 13.6. The number of aryl methyl sites for hydroxylation is 1. The fourth-order valence-corrected chi connectivity index (χ4v) is 2.57. The monoisotopic (exact) mass is 276 g/mol. The minimum atomic E-state index is 0.983. The van der Waals surface area contributed by atoms with Gasteiger partial charge in [0.2, 0.25) is 0 Å². The van der Waals surface area contributed by atoms with E-state index in [1.807, 2.05) is 0 Å². The van der Waals surface area contributed by atoms with Crippen molar-refractivity contribution < 1.29 is 0 Å². The molecular formula is C18H32N2. The van der Waals surface area contributed by atoms with Crippen molar-refractivity contribution in [1.29, 1.82) is 0 Å². The van der Waals surface area contributed by atoms with Crippen molar-refractivity contribution in [3.05, 3.63) is 23.8 Å². The van der Waals surface area contributed by atoms with Gasteiger partial charge in [0.05, 0.1) is 0 Å². The third-order valence-corrected chi connectivity index (χ3v) is 3.65. The SMILES string of the molecule is CCCCCCCCc1cc(NCC)ccc1NCC. The molecule has 0 aromatic heterocycles. The zero-order chi connectivity index (χ0) is 14.6. The van der Waals surface area contributed by atoms with Crippen molar-refractivity contribution in [1.82, 2.24) is 0 Å². The molecule has 1 rings (SSSR count). The lowest BCUT2D eigenvalue weighted by molar-refractivity contribution is 0.608. The average molecular weight is 276 g/mol. The summed E-state index contributed by atoms with van der Waals surface area (Å²) in [5, 5.41) is 6.89. The van der Waals surface area contributed by atoms with Crippen LogP contribution in [0.25, 0.3) is 0 Å². The van der Waals surface area contributed by atoms with Gasteiger partial charge in [0.25, 0.3) is 0 Å². The molecule has 0 radical (unpaired) electrons. The number of rotatable bonds is 11. The lowest BCUT2D eigenvalue weighted by atomic mass is 10.0. The van der Waals surface area contributed by atoms with E-state index in [1.165, 1.54) is 61.9 Å². The van der Waals surface area contributed by atoms with Crippen LogP contribution in [0.3, 0.4) is 0 Å². The third-order valence-electron chi connectivity index (χ3n) is 3.65. The van der Waals surface area contributed by atoms with Crippen LogP contribution >= 0.6 is 0 Å². The Morgan fingerprint density at radius 2 is 1.50 bits per heavy atom. The summed E-state index contributed by atoms with van der Waals surface area (Å²) in [5.41, 5.74) is 4.01. The highest BCUT2D eigenvalue weighted by molar-refractivity contribution is 5.59. The first-order valence-electron chi connectivity index (χ1n) is 8.42. The minimum Gasteiger partial charge on any atom is -0.385 e. The maximum Gasteiger partial charge on any atom is 0.0374 e. The molecule has 0 aliphatic carbocycles. The molecule has 0 fully saturated rings. The van der Waals surface area contributed by atoms with Crippen LogP contribution in [0.1, 0.15) is 64.9 Å². The largest absolute Gasteiger partial charge is 0.385 e. The molecule has 1 aromatic carbocycles. The first-order chi connectivity index (χ1) is 9.81. The van der Waals surface area contributed by atoms with Crippen molar-refractivity contribution in [3.63, 3.8) is 0 Å². The summed E-state index contributed by atoms with van der Waals surface area (Å²) < 4.78 is 0. The van der Waals surface area contributed by atoms with Crippen LogP contribution in [0.4, 0.5) is 11.4 Å². The maximum atomic E-state index is 3.48. The molecule has 0 saturated heterocycles. The summed E-state index contributed by atoms with van der Waals surface area (Å²) in [6, 6.07) is 6.70. The third kappa shape index (κ3) is 6.31. The Labute approximate surface area is 125 Å². The lowest BCUT2D eigenvalue weighted by Crippen LogP contribution is -2.03.